The van der Waals surface area contributed by atoms with Crippen LogP contribution in [0, 0.1) is 0 Å². The Morgan fingerprint density at radius 1 is 1.32 bits per heavy atom. The second-order valence-corrected chi connectivity index (χ2v) is 7.49. The van der Waals surface area contributed by atoms with Crippen molar-refractivity contribution in [1.82, 2.24) is 8.61 Å². The number of nitrogens with zero attached hydrogens (tertiary/aromatic N) is 2. The zero-order chi connectivity index (χ0) is 13.9. The topological polar surface area (TPSA) is 87.2 Å². The molecule has 0 bridgehead atoms. The molecule has 2 heterocycles. The molecule has 2 saturated heterocycles. The van der Waals surface area contributed by atoms with Crippen LogP contribution in [0.4, 0.5) is 0 Å². The van der Waals surface area contributed by atoms with Gasteiger partial charge in [0.15, 0.2) is 0 Å². The van der Waals surface area contributed by atoms with E-state index < -0.39 is 22.2 Å². The number of carboxylic acid groups (broad SMARTS) is 1. The van der Waals surface area contributed by atoms with E-state index in [4.69, 9.17) is 9.84 Å². The predicted molar refractivity (Wildman–Crippen MR) is 71.4 cm³/mol. The highest BCUT2D eigenvalue weighted by atomic mass is 32.2. The Balaban J connectivity index is 2.13. The van der Waals surface area contributed by atoms with Crippen LogP contribution in [-0.2, 0) is 19.7 Å². The van der Waals surface area contributed by atoms with Gasteiger partial charge in [-0.25, -0.2) is 0 Å². The van der Waals surface area contributed by atoms with Crippen LogP contribution < -0.4 is 0 Å². The lowest BCUT2D eigenvalue weighted by Crippen LogP contribution is -2.55. The highest BCUT2D eigenvalue weighted by Gasteiger charge is 2.38. The van der Waals surface area contributed by atoms with Crippen LogP contribution in [0.2, 0.25) is 0 Å². The molecule has 110 valence electrons. The molecule has 0 radical (unpaired) electrons. The van der Waals surface area contributed by atoms with Crippen molar-refractivity contribution in [3.05, 3.63) is 0 Å². The van der Waals surface area contributed by atoms with Crippen LogP contribution in [0.1, 0.15) is 6.42 Å². The molecule has 7 nitrogen and oxygen atoms in total. The van der Waals surface area contributed by atoms with Gasteiger partial charge in [-0.15, -0.1) is 0 Å². The van der Waals surface area contributed by atoms with Crippen molar-refractivity contribution >= 4 is 27.9 Å². The minimum absolute atomic E-state index is 0.142. The van der Waals surface area contributed by atoms with Crippen molar-refractivity contribution in [2.75, 3.05) is 44.4 Å². The van der Waals surface area contributed by atoms with Crippen LogP contribution in [0.5, 0.6) is 0 Å². The summed E-state index contributed by atoms with van der Waals surface area (Å²) in [6.07, 6.45) is -0.142. The molecular weight excluding hydrogens is 292 g/mol. The molecule has 0 aromatic rings. The molecule has 0 aromatic carbocycles. The Bertz CT molecular complexity index is 422. The Kier molecular flexibility index (Phi) is 5.07. The van der Waals surface area contributed by atoms with Crippen molar-refractivity contribution in [2.24, 2.45) is 0 Å². The van der Waals surface area contributed by atoms with Crippen LogP contribution >= 0.6 is 11.8 Å². The summed E-state index contributed by atoms with van der Waals surface area (Å²) in [6, 6.07) is -0.455. The normalized spacial score (nSPS) is 27.3. The number of ether oxygens (including phenoxy) is 1. The third kappa shape index (κ3) is 3.60. The minimum atomic E-state index is -3.57. The van der Waals surface area contributed by atoms with E-state index in [1.807, 2.05) is 0 Å². The molecule has 9 heteroatoms. The van der Waals surface area contributed by atoms with Crippen LogP contribution in [0.25, 0.3) is 0 Å². The third-order valence-electron chi connectivity index (χ3n) is 3.18. The summed E-state index contributed by atoms with van der Waals surface area (Å²) in [7, 11) is -3.57. The number of carboxylic acids is 1. The molecule has 0 amide bonds. The van der Waals surface area contributed by atoms with Crippen molar-refractivity contribution in [2.45, 2.75) is 12.5 Å². The molecule has 1 N–H and O–H groups in total. The molecule has 0 aliphatic carbocycles. The van der Waals surface area contributed by atoms with Gasteiger partial charge in [0, 0.05) is 37.2 Å². The van der Waals surface area contributed by atoms with Gasteiger partial charge < -0.3 is 9.84 Å². The molecule has 0 spiro atoms. The maximum atomic E-state index is 12.5. The summed E-state index contributed by atoms with van der Waals surface area (Å²) < 4.78 is 32.9. The van der Waals surface area contributed by atoms with Crippen molar-refractivity contribution in [1.29, 1.82) is 0 Å². The average Bonchev–Trinajstić information content (AvgIpc) is 2.39. The average molecular weight is 310 g/mol. The van der Waals surface area contributed by atoms with Crippen molar-refractivity contribution in [3.8, 4) is 0 Å². The molecule has 2 fully saturated rings. The first-order valence-electron chi connectivity index (χ1n) is 6.16. The molecule has 1 unspecified atom stereocenters. The fourth-order valence-corrected chi connectivity index (χ4v) is 5.26. The van der Waals surface area contributed by atoms with Gasteiger partial charge in [-0.2, -0.15) is 28.8 Å². The highest BCUT2D eigenvalue weighted by molar-refractivity contribution is 7.99. The summed E-state index contributed by atoms with van der Waals surface area (Å²) in [6.45, 7) is 1.84. The number of thioether (sulfide) groups is 1. The maximum Gasteiger partial charge on any atom is 0.305 e. The first kappa shape index (κ1) is 15.0. The number of aliphatic carboxylic acids is 1. The standard InChI is InChI=1S/C10H18N2O5S2/c13-10(14)7-9-8-18-6-3-12(9)19(15,16)11-1-4-17-5-2-11/h9H,1-8H2,(H,13,14). The first-order valence-corrected chi connectivity index (χ1v) is 8.71. The van der Waals surface area contributed by atoms with E-state index in [0.29, 0.717) is 44.4 Å². The van der Waals surface area contributed by atoms with E-state index >= 15 is 0 Å². The highest BCUT2D eigenvalue weighted by Crippen LogP contribution is 2.24. The fraction of sp³-hybridized carbons (Fsp3) is 0.900. The molecule has 1 atom stereocenters. The monoisotopic (exact) mass is 310 g/mol. The Morgan fingerprint density at radius 2 is 2.00 bits per heavy atom. The van der Waals surface area contributed by atoms with Gasteiger partial charge in [-0.1, -0.05) is 0 Å². The molecular formula is C10H18N2O5S2. The van der Waals surface area contributed by atoms with E-state index in [1.54, 1.807) is 11.8 Å². The minimum Gasteiger partial charge on any atom is -0.481 e. The fourth-order valence-electron chi connectivity index (χ4n) is 2.23. The van der Waals surface area contributed by atoms with Gasteiger partial charge in [0.2, 0.25) is 0 Å². The van der Waals surface area contributed by atoms with E-state index in [-0.39, 0.29) is 6.42 Å². The number of morpholine rings is 1. The molecule has 19 heavy (non-hydrogen) atoms. The summed E-state index contributed by atoms with van der Waals surface area (Å²) in [5.74, 6) is 0.282. The van der Waals surface area contributed by atoms with E-state index in [2.05, 4.69) is 0 Å². The van der Waals surface area contributed by atoms with Gasteiger partial charge in [-0.3, -0.25) is 4.79 Å². The molecule has 2 aliphatic rings. The van der Waals surface area contributed by atoms with E-state index in [9.17, 15) is 13.2 Å². The summed E-state index contributed by atoms with van der Waals surface area (Å²) in [5, 5.41) is 8.90. The van der Waals surface area contributed by atoms with Gasteiger partial charge in [0.1, 0.15) is 0 Å². The Morgan fingerprint density at radius 3 is 2.63 bits per heavy atom. The van der Waals surface area contributed by atoms with Crippen LogP contribution in [-0.4, -0.2) is 78.5 Å². The zero-order valence-electron chi connectivity index (χ0n) is 10.5. The SMILES string of the molecule is O=C(O)CC1CSCCN1S(=O)(=O)N1CCOCC1. The summed E-state index contributed by atoms with van der Waals surface area (Å²) in [4.78, 5) is 10.9. The second-order valence-electron chi connectivity index (χ2n) is 4.46. The summed E-state index contributed by atoms with van der Waals surface area (Å²) >= 11 is 1.60. The lowest BCUT2D eigenvalue weighted by Gasteiger charge is -2.38. The van der Waals surface area contributed by atoms with Crippen molar-refractivity contribution < 1.29 is 23.1 Å². The lowest BCUT2D eigenvalue weighted by atomic mass is 10.2. The number of hydrogen-bond donors (Lipinski definition) is 1. The first-order chi connectivity index (χ1) is 9.01. The Hall–Kier alpha value is -0.350. The maximum absolute atomic E-state index is 12.5. The Labute approximate surface area is 117 Å². The van der Waals surface area contributed by atoms with Gasteiger partial charge in [-0.05, 0) is 0 Å². The van der Waals surface area contributed by atoms with Crippen molar-refractivity contribution in [3.63, 3.8) is 0 Å². The predicted octanol–water partition coefficient (Wildman–Crippen LogP) is -0.544. The molecule has 0 aromatic heterocycles. The van der Waals surface area contributed by atoms with Gasteiger partial charge >= 0.3 is 5.97 Å². The molecule has 2 aliphatic heterocycles. The van der Waals surface area contributed by atoms with Gasteiger partial charge in [0.05, 0.1) is 19.6 Å². The van der Waals surface area contributed by atoms with E-state index in [0.717, 1.165) is 0 Å². The third-order valence-corrected chi connectivity index (χ3v) is 6.36. The van der Waals surface area contributed by atoms with E-state index in [1.165, 1.54) is 8.61 Å². The number of carbonyl (C=O) groups is 1. The molecule has 0 saturated carbocycles. The molecule has 2 rings (SSSR count). The van der Waals surface area contributed by atoms with Crippen LogP contribution in [0.3, 0.4) is 0 Å². The second kappa shape index (κ2) is 6.40. The quantitative estimate of drug-likeness (QED) is 0.750. The smallest absolute Gasteiger partial charge is 0.305 e. The van der Waals surface area contributed by atoms with Gasteiger partial charge in [0.25, 0.3) is 10.2 Å². The summed E-state index contributed by atoms with van der Waals surface area (Å²) in [5.41, 5.74) is 0. The van der Waals surface area contributed by atoms with Crippen LogP contribution in [0.15, 0.2) is 0 Å². The number of rotatable bonds is 4. The largest absolute Gasteiger partial charge is 0.481 e. The lowest BCUT2D eigenvalue weighted by molar-refractivity contribution is -0.137. The number of hydrogen-bond acceptors (Lipinski definition) is 5. The zero-order valence-corrected chi connectivity index (χ0v) is 12.2.